The normalized spacial score (nSPS) is 15.2. The SMILES string of the molecule is COc1ccccc1C(=O)COC(=O)C1(c2ccccc2)CCC1. The van der Waals surface area contributed by atoms with E-state index >= 15 is 0 Å². The second-order valence-electron chi connectivity index (χ2n) is 6.00. The molecule has 4 nitrogen and oxygen atoms in total. The fraction of sp³-hybridized carbons (Fsp3) is 0.300. The smallest absolute Gasteiger partial charge is 0.317 e. The monoisotopic (exact) mass is 324 g/mol. The molecule has 2 aromatic carbocycles. The number of Topliss-reactive ketones (excluding diaryl/α,β-unsaturated/α-hetero) is 1. The predicted molar refractivity (Wildman–Crippen MR) is 90.3 cm³/mol. The zero-order valence-corrected chi connectivity index (χ0v) is 13.7. The van der Waals surface area contributed by atoms with Crippen molar-refractivity contribution in [3.05, 3.63) is 65.7 Å². The Balaban J connectivity index is 1.70. The van der Waals surface area contributed by atoms with Gasteiger partial charge in [0.2, 0.25) is 5.78 Å². The van der Waals surface area contributed by atoms with E-state index in [0.717, 1.165) is 24.8 Å². The van der Waals surface area contributed by atoms with E-state index in [1.807, 2.05) is 30.3 Å². The number of benzene rings is 2. The van der Waals surface area contributed by atoms with Crippen LogP contribution in [-0.4, -0.2) is 25.5 Å². The molecule has 1 saturated carbocycles. The van der Waals surface area contributed by atoms with Crippen LogP contribution in [0.4, 0.5) is 0 Å². The Morgan fingerprint density at radius 3 is 2.29 bits per heavy atom. The average molecular weight is 324 g/mol. The number of para-hydroxylation sites is 1. The van der Waals surface area contributed by atoms with Crippen LogP contribution >= 0.6 is 0 Å². The number of hydrogen-bond donors (Lipinski definition) is 0. The average Bonchev–Trinajstić information content (AvgIpc) is 2.59. The number of carbonyl (C=O) groups is 2. The molecule has 2 aromatic rings. The van der Waals surface area contributed by atoms with E-state index in [1.54, 1.807) is 24.3 Å². The molecule has 1 aliphatic carbocycles. The van der Waals surface area contributed by atoms with E-state index in [1.165, 1.54) is 7.11 Å². The van der Waals surface area contributed by atoms with E-state index in [-0.39, 0.29) is 18.4 Å². The van der Waals surface area contributed by atoms with Crippen molar-refractivity contribution < 1.29 is 19.1 Å². The van der Waals surface area contributed by atoms with E-state index in [2.05, 4.69) is 0 Å². The molecule has 0 heterocycles. The van der Waals surface area contributed by atoms with Crippen LogP contribution in [0.5, 0.6) is 5.75 Å². The summed E-state index contributed by atoms with van der Waals surface area (Å²) in [4.78, 5) is 25.0. The Morgan fingerprint density at radius 2 is 1.67 bits per heavy atom. The fourth-order valence-electron chi connectivity index (χ4n) is 3.12. The van der Waals surface area contributed by atoms with Gasteiger partial charge in [0.25, 0.3) is 0 Å². The molecule has 3 rings (SSSR count). The van der Waals surface area contributed by atoms with Gasteiger partial charge in [-0.25, -0.2) is 0 Å². The Bertz CT molecular complexity index is 732. The second-order valence-corrected chi connectivity index (χ2v) is 6.00. The van der Waals surface area contributed by atoms with Crippen LogP contribution in [0.25, 0.3) is 0 Å². The zero-order chi connectivity index (χ0) is 17.0. The first-order valence-corrected chi connectivity index (χ1v) is 8.06. The summed E-state index contributed by atoms with van der Waals surface area (Å²) in [6.45, 7) is -0.270. The topological polar surface area (TPSA) is 52.6 Å². The van der Waals surface area contributed by atoms with Gasteiger partial charge in [0.05, 0.1) is 18.1 Å². The number of esters is 1. The molecule has 0 aliphatic heterocycles. The van der Waals surface area contributed by atoms with Crippen molar-refractivity contribution in [2.24, 2.45) is 0 Å². The first-order valence-electron chi connectivity index (χ1n) is 8.06. The molecule has 0 unspecified atom stereocenters. The molecule has 0 bridgehead atoms. The van der Waals surface area contributed by atoms with Crippen molar-refractivity contribution in [3.63, 3.8) is 0 Å². The quantitative estimate of drug-likeness (QED) is 0.602. The van der Waals surface area contributed by atoms with Crippen LogP contribution in [-0.2, 0) is 14.9 Å². The lowest BCUT2D eigenvalue weighted by molar-refractivity contribution is -0.153. The minimum atomic E-state index is -0.595. The minimum Gasteiger partial charge on any atom is -0.496 e. The lowest BCUT2D eigenvalue weighted by atomic mass is 9.64. The Labute approximate surface area is 141 Å². The molecule has 0 N–H and O–H groups in total. The lowest BCUT2D eigenvalue weighted by Gasteiger charge is -2.39. The van der Waals surface area contributed by atoms with Gasteiger partial charge in [-0.15, -0.1) is 0 Å². The number of methoxy groups -OCH3 is 1. The third-order valence-corrected chi connectivity index (χ3v) is 4.67. The number of ketones is 1. The maximum atomic E-state index is 12.6. The first-order chi connectivity index (χ1) is 11.7. The van der Waals surface area contributed by atoms with Gasteiger partial charge in [0.1, 0.15) is 5.75 Å². The van der Waals surface area contributed by atoms with Crippen LogP contribution in [0.2, 0.25) is 0 Å². The third kappa shape index (κ3) is 2.92. The molecule has 0 spiro atoms. The van der Waals surface area contributed by atoms with Gasteiger partial charge in [0, 0.05) is 0 Å². The number of ether oxygens (including phenoxy) is 2. The largest absolute Gasteiger partial charge is 0.496 e. The summed E-state index contributed by atoms with van der Waals surface area (Å²) in [6, 6.07) is 16.6. The molecule has 24 heavy (non-hydrogen) atoms. The second kappa shape index (κ2) is 6.87. The fourth-order valence-corrected chi connectivity index (χ4v) is 3.12. The molecule has 0 atom stereocenters. The highest BCUT2D eigenvalue weighted by atomic mass is 16.5. The molecule has 124 valence electrons. The molecule has 1 aliphatic rings. The van der Waals surface area contributed by atoms with E-state index in [0.29, 0.717) is 11.3 Å². The summed E-state index contributed by atoms with van der Waals surface area (Å²) in [6.07, 6.45) is 2.52. The maximum Gasteiger partial charge on any atom is 0.317 e. The highest BCUT2D eigenvalue weighted by Gasteiger charge is 2.47. The van der Waals surface area contributed by atoms with Crippen molar-refractivity contribution in [3.8, 4) is 5.75 Å². The number of carbonyl (C=O) groups excluding carboxylic acids is 2. The molecular weight excluding hydrogens is 304 g/mol. The molecule has 0 radical (unpaired) electrons. The van der Waals surface area contributed by atoms with Crippen molar-refractivity contribution >= 4 is 11.8 Å². The van der Waals surface area contributed by atoms with Crippen LogP contribution in [0, 0.1) is 0 Å². The van der Waals surface area contributed by atoms with Gasteiger partial charge in [-0.1, -0.05) is 48.9 Å². The Morgan fingerprint density at radius 1 is 1.00 bits per heavy atom. The molecule has 0 amide bonds. The standard InChI is InChI=1S/C20H20O4/c1-23-18-11-6-5-10-16(18)17(21)14-24-19(22)20(12-7-13-20)15-8-3-2-4-9-15/h2-6,8-11H,7,12-14H2,1H3. The van der Waals surface area contributed by atoms with Gasteiger partial charge in [-0.05, 0) is 30.5 Å². The van der Waals surface area contributed by atoms with E-state index < -0.39 is 5.41 Å². The van der Waals surface area contributed by atoms with Gasteiger partial charge >= 0.3 is 5.97 Å². The van der Waals surface area contributed by atoms with Gasteiger partial charge < -0.3 is 9.47 Å². The highest BCUT2D eigenvalue weighted by molar-refractivity contribution is 6.00. The molecule has 0 aromatic heterocycles. The molecule has 1 fully saturated rings. The third-order valence-electron chi connectivity index (χ3n) is 4.67. The minimum absolute atomic E-state index is 0.261. The highest BCUT2D eigenvalue weighted by Crippen LogP contribution is 2.44. The van der Waals surface area contributed by atoms with E-state index in [4.69, 9.17) is 9.47 Å². The Hall–Kier alpha value is -2.62. The van der Waals surface area contributed by atoms with Gasteiger partial charge in [-0.3, -0.25) is 9.59 Å². The summed E-state index contributed by atoms with van der Waals surface area (Å²) < 4.78 is 10.6. The van der Waals surface area contributed by atoms with Crippen molar-refractivity contribution in [2.45, 2.75) is 24.7 Å². The van der Waals surface area contributed by atoms with Crippen molar-refractivity contribution in [1.29, 1.82) is 0 Å². The van der Waals surface area contributed by atoms with Crippen molar-refractivity contribution in [1.82, 2.24) is 0 Å². The summed E-state index contributed by atoms with van der Waals surface area (Å²) in [5.74, 6) is -0.0912. The predicted octanol–water partition coefficient (Wildman–Crippen LogP) is 3.54. The van der Waals surface area contributed by atoms with Crippen LogP contribution in [0.3, 0.4) is 0 Å². The first kappa shape index (κ1) is 16.2. The Kier molecular flexibility index (Phi) is 4.65. The summed E-state index contributed by atoms with van der Waals surface area (Å²) in [7, 11) is 1.51. The zero-order valence-electron chi connectivity index (χ0n) is 13.7. The van der Waals surface area contributed by atoms with Gasteiger partial charge in [0.15, 0.2) is 6.61 Å². The van der Waals surface area contributed by atoms with Crippen molar-refractivity contribution in [2.75, 3.05) is 13.7 Å². The summed E-state index contributed by atoms with van der Waals surface area (Å²) in [5, 5.41) is 0. The van der Waals surface area contributed by atoms with Gasteiger partial charge in [-0.2, -0.15) is 0 Å². The number of rotatable bonds is 6. The van der Waals surface area contributed by atoms with Crippen LogP contribution in [0.15, 0.2) is 54.6 Å². The maximum absolute atomic E-state index is 12.6. The number of hydrogen-bond acceptors (Lipinski definition) is 4. The molecular formula is C20H20O4. The summed E-state index contributed by atoms with van der Waals surface area (Å²) in [5.41, 5.74) is 0.795. The van der Waals surface area contributed by atoms with Crippen LogP contribution in [0.1, 0.15) is 35.2 Å². The lowest BCUT2D eigenvalue weighted by Crippen LogP contribution is -2.44. The summed E-state index contributed by atoms with van der Waals surface area (Å²) >= 11 is 0. The molecule has 4 heteroatoms. The van der Waals surface area contributed by atoms with E-state index in [9.17, 15) is 9.59 Å². The molecule has 0 saturated heterocycles. The van der Waals surface area contributed by atoms with Crippen LogP contribution < -0.4 is 4.74 Å².